The second kappa shape index (κ2) is 6.90. The van der Waals surface area contributed by atoms with Gasteiger partial charge in [-0.3, -0.25) is 4.79 Å². The van der Waals surface area contributed by atoms with Gasteiger partial charge in [-0.05, 0) is 12.7 Å². The Kier molecular flexibility index (Phi) is 5.19. The minimum absolute atomic E-state index is 0.0267. The van der Waals surface area contributed by atoms with Crippen LogP contribution in [0.5, 0.6) is 0 Å². The summed E-state index contributed by atoms with van der Waals surface area (Å²) in [7, 11) is 1.77. The van der Waals surface area contributed by atoms with Gasteiger partial charge in [0, 0.05) is 18.5 Å². The van der Waals surface area contributed by atoms with Gasteiger partial charge in [-0.15, -0.1) is 11.3 Å². The molecular weight excluding hydrogens is 294 g/mol. The zero-order chi connectivity index (χ0) is 14.5. The maximum Gasteiger partial charge on any atom is 0.228 e. The van der Waals surface area contributed by atoms with E-state index in [0.29, 0.717) is 6.42 Å². The number of carbonyl (C=O) groups excluding carboxylic acids is 1. The predicted molar refractivity (Wildman–Crippen MR) is 79.9 cm³/mol. The molecule has 0 bridgehead atoms. The molecule has 0 aliphatic carbocycles. The van der Waals surface area contributed by atoms with Crippen LogP contribution in [0, 0.1) is 0 Å². The average Bonchev–Trinajstić information content (AvgIpc) is 3.09. The lowest BCUT2D eigenvalue weighted by Gasteiger charge is -2.22. The third-order valence-corrected chi connectivity index (χ3v) is 4.94. The van der Waals surface area contributed by atoms with E-state index >= 15 is 0 Å². The van der Waals surface area contributed by atoms with Crippen LogP contribution in [0.4, 0.5) is 0 Å². The average molecular weight is 311 g/mol. The lowest BCUT2D eigenvalue weighted by atomic mass is 10.2. The van der Waals surface area contributed by atoms with Gasteiger partial charge in [-0.2, -0.15) is 0 Å². The van der Waals surface area contributed by atoms with Crippen LogP contribution in [-0.4, -0.2) is 33.7 Å². The van der Waals surface area contributed by atoms with E-state index in [2.05, 4.69) is 17.1 Å². The van der Waals surface area contributed by atoms with Crippen LogP contribution in [0.1, 0.15) is 31.3 Å². The summed E-state index contributed by atoms with van der Waals surface area (Å²) in [5, 5.41) is 5.82. The Morgan fingerprint density at radius 1 is 1.60 bits per heavy atom. The van der Waals surface area contributed by atoms with Crippen LogP contribution < -0.4 is 0 Å². The Morgan fingerprint density at radius 2 is 2.40 bits per heavy atom. The van der Waals surface area contributed by atoms with Crippen molar-refractivity contribution < 1.29 is 9.32 Å². The van der Waals surface area contributed by atoms with Crippen LogP contribution in [0.15, 0.2) is 26.6 Å². The first-order chi connectivity index (χ1) is 9.61. The quantitative estimate of drug-likeness (QED) is 0.768. The number of aromatic nitrogens is 2. The van der Waals surface area contributed by atoms with Crippen LogP contribution in [0.25, 0.3) is 0 Å². The van der Waals surface area contributed by atoms with E-state index in [4.69, 9.17) is 4.52 Å². The first-order valence-corrected chi connectivity index (χ1v) is 8.21. The molecule has 0 N–H and O–H groups in total. The van der Waals surface area contributed by atoms with E-state index in [-0.39, 0.29) is 11.9 Å². The van der Waals surface area contributed by atoms with Crippen molar-refractivity contribution in [2.24, 2.45) is 0 Å². The van der Waals surface area contributed by atoms with Gasteiger partial charge in [0.1, 0.15) is 16.3 Å². The van der Waals surface area contributed by atoms with E-state index in [0.717, 1.165) is 21.5 Å². The maximum absolute atomic E-state index is 12.2. The summed E-state index contributed by atoms with van der Waals surface area (Å²) in [4.78, 5) is 18.4. The predicted octanol–water partition coefficient (Wildman–Crippen LogP) is 3.01. The fourth-order valence-corrected chi connectivity index (χ4v) is 3.43. The van der Waals surface area contributed by atoms with Crippen molar-refractivity contribution >= 4 is 29.0 Å². The molecule has 0 unspecified atom stereocenters. The number of thioether (sulfide) groups is 1. The van der Waals surface area contributed by atoms with E-state index in [1.165, 1.54) is 6.26 Å². The summed E-state index contributed by atoms with van der Waals surface area (Å²) in [5.74, 6) is 1.02. The number of rotatable bonds is 6. The monoisotopic (exact) mass is 311 g/mol. The minimum Gasteiger partial charge on any atom is -0.364 e. The summed E-state index contributed by atoms with van der Waals surface area (Å²) in [6, 6.07) is 1.66. The van der Waals surface area contributed by atoms with Crippen molar-refractivity contribution in [2.45, 2.75) is 30.6 Å². The molecule has 0 aromatic carbocycles. The molecule has 108 valence electrons. The molecule has 20 heavy (non-hydrogen) atoms. The number of hydrogen-bond donors (Lipinski definition) is 0. The van der Waals surface area contributed by atoms with Gasteiger partial charge >= 0.3 is 0 Å². The SMILES string of the molecule is CCSc1nc(CC(=O)N(C)[C@H](C)c2ccon2)cs1. The van der Waals surface area contributed by atoms with Gasteiger partial charge in [0.05, 0.1) is 18.2 Å². The molecule has 1 atom stereocenters. The van der Waals surface area contributed by atoms with Gasteiger partial charge in [-0.25, -0.2) is 4.98 Å². The first-order valence-electron chi connectivity index (χ1n) is 6.35. The Labute approximate surface area is 126 Å². The van der Waals surface area contributed by atoms with Gasteiger partial charge < -0.3 is 9.42 Å². The third kappa shape index (κ3) is 3.61. The molecular formula is C13H17N3O2S2. The molecule has 0 radical (unpaired) electrons. The van der Waals surface area contributed by atoms with E-state index in [1.54, 1.807) is 41.1 Å². The van der Waals surface area contributed by atoms with E-state index in [1.807, 2.05) is 12.3 Å². The second-order valence-electron chi connectivity index (χ2n) is 4.32. The highest BCUT2D eigenvalue weighted by Gasteiger charge is 2.20. The Bertz CT molecular complexity index is 554. The van der Waals surface area contributed by atoms with E-state index < -0.39 is 0 Å². The summed E-state index contributed by atoms with van der Waals surface area (Å²) in [5.41, 5.74) is 1.58. The van der Waals surface area contributed by atoms with Gasteiger partial charge in [0.2, 0.25) is 5.91 Å². The van der Waals surface area contributed by atoms with Crippen molar-refractivity contribution in [1.29, 1.82) is 0 Å². The van der Waals surface area contributed by atoms with Crippen molar-refractivity contribution in [3.8, 4) is 0 Å². The smallest absolute Gasteiger partial charge is 0.228 e. The van der Waals surface area contributed by atoms with Gasteiger partial charge in [0.15, 0.2) is 0 Å². The number of nitrogens with zero attached hydrogens (tertiary/aromatic N) is 3. The fraction of sp³-hybridized carbons (Fsp3) is 0.462. The van der Waals surface area contributed by atoms with Gasteiger partial charge in [0.25, 0.3) is 0 Å². The molecule has 2 heterocycles. The summed E-state index contributed by atoms with van der Waals surface area (Å²) >= 11 is 3.28. The molecule has 0 spiro atoms. The second-order valence-corrected chi connectivity index (χ2v) is 6.69. The van der Waals surface area contributed by atoms with Crippen molar-refractivity contribution in [3.05, 3.63) is 29.1 Å². The maximum atomic E-state index is 12.2. The molecule has 0 saturated heterocycles. The normalized spacial score (nSPS) is 12.3. The molecule has 0 fully saturated rings. The molecule has 2 aromatic heterocycles. The summed E-state index contributed by atoms with van der Waals surface area (Å²) < 4.78 is 5.83. The lowest BCUT2D eigenvalue weighted by Crippen LogP contribution is -2.31. The highest BCUT2D eigenvalue weighted by molar-refractivity contribution is 8.00. The van der Waals surface area contributed by atoms with Crippen LogP contribution in [-0.2, 0) is 11.2 Å². The van der Waals surface area contributed by atoms with Crippen LogP contribution >= 0.6 is 23.1 Å². The van der Waals surface area contributed by atoms with Crippen LogP contribution in [0.3, 0.4) is 0 Å². The Hall–Kier alpha value is -1.34. The minimum atomic E-state index is -0.107. The zero-order valence-electron chi connectivity index (χ0n) is 11.7. The molecule has 5 nitrogen and oxygen atoms in total. The van der Waals surface area contributed by atoms with E-state index in [9.17, 15) is 4.79 Å². The van der Waals surface area contributed by atoms with Crippen molar-refractivity contribution in [2.75, 3.05) is 12.8 Å². The van der Waals surface area contributed by atoms with Crippen molar-refractivity contribution in [1.82, 2.24) is 15.0 Å². The molecule has 1 amide bonds. The highest BCUT2D eigenvalue weighted by atomic mass is 32.2. The molecule has 0 aliphatic heterocycles. The molecule has 0 saturated carbocycles. The molecule has 7 heteroatoms. The topological polar surface area (TPSA) is 59.2 Å². The summed E-state index contributed by atoms with van der Waals surface area (Å²) in [6.07, 6.45) is 1.83. The Balaban J connectivity index is 1.96. The Morgan fingerprint density at radius 3 is 3.05 bits per heavy atom. The number of thiazole rings is 1. The van der Waals surface area contributed by atoms with Gasteiger partial charge in [-0.1, -0.05) is 23.8 Å². The number of hydrogen-bond acceptors (Lipinski definition) is 6. The number of carbonyl (C=O) groups is 1. The zero-order valence-corrected chi connectivity index (χ0v) is 13.3. The fourth-order valence-electron chi connectivity index (χ4n) is 1.69. The summed E-state index contributed by atoms with van der Waals surface area (Å²) in [6.45, 7) is 4.01. The number of amides is 1. The molecule has 2 aromatic rings. The lowest BCUT2D eigenvalue weighted by molar-refractivity contribution is -0.131. The van der Waals surface area contributed by atoms with Crippen LogP contribution in [0.2, 0.25) is 0 Å². The molecule has 2 rings (SSSR count). The largest absolute Gasteiger partial charge is 0.364 e. The molecule has 0 aliphatic rings. The third-order valence-electron chi connectivity index (χ3n) is 2.99. The highest BCUT2D eigenvalue weighted by Crippen LogP contribution is 2.23. The van der Waals surface area contributed by atoms with Crippen molar-refractivity contribution in [3.63, 3.8) is 0 Å². The first kappa shape index (κ1) is 15.1. The standard InChI is InChI=1S/C13H17N3O2S2/c1-4-19-13-14-10(8-20-13)7-12(17)16(3)9(2)11-5-6-18-15-11/h5-6,8-9H,4,7H2,1-3H3/t9-/m1/s1. The number of likely N-dealkylation sites (N-methyl/N-ethyl adjacent to an activating group) is 1.